The summed E-state index contributed by atoms with van der Waals surface area (Å²) in [6.07, 6.45) is 5.83. The minimum atomic E-state index is -0.785. The Morgan fingerprint density at radius 3 is 2.27 bits per heavy atom. The average Bonchev–Trinajstić information content (AvgIpc) is 3.64. The van der Waals surface area contributed by atoms with E-state index in [2.05, 4.69) is 11.6 Å². The molecule has 234 valence electrons. The highest BCUT2D eigenvalue weighted by atomic mass is 16.5. The molecule has 0 spiro atoms. The highest BCUT2D eigenvalue weighted by Crippen LogP contribution is 2.41. The molecule has 4 aliphatic heterocycles. The second kappa shape index (κ2) is 12.4. The lowest BCUT2D eigenvalue weighted by atomic mass is 10.1. The number of aliphatic hydroxyl groups excluding tert-OH is 1. The number of anilines is 1. The van der Waals surface area contributed by atoms with Crippen LogP contribution in [0.1, 0.15) is 59.2 Å². The van der Waals surface area contributed by atoms with Gasteiger partial charge in [-0.25, -0.2) is 0 Å². The summed E-state index contributed by atoms with van der Waals surface area (Å²) < 4.78 is 23.3. The lowest BCUT2D eigenvalue weighted by molar-refractivity contribution is 0.0527. The summed E-state index contributed by atoms with van der Waals surface area (Å²) in [6.45, 7) is 6.12. The third-order valence-corrected chi connectivity index (χ3v) is 8.95. The largest absolute Gasteiger partial charge is 0.493 e. The molecular weight excluding hydrogens is 564 g/mol. The number of hydrogen-bond acceptors (Lipinski definition) is 9. The molecule has 44 heavy (non-hydrogen) atoms. The molecule has 2 aromatic carbocycles. The fourth-order valence-corrected chi connectivity index (χ4v) is 6.54. The molecule has 2 amide bonds. The van der Waals surface area contributed by atoms with Crippen molar-refractivity contribution >= 4 is 29.4 Å². The highest BCUT2D eigenvalue weighted by Gasteiger charge is 2.41. The molecule has 0 radical (unpaired) electrons. The smallest absolute Gasteiger partial charge is 0.257 e. The van der Waals surface area contributed by atoms with Gasteiger partial charge < -0.3 is 38.8 Å². The van der Waals surface area contributed by atoms with Crippen molar-refractivity contribution in [3.05, 3.63) is 47.5 Å². The van der Waals surface area contributed by atoms with Crippen LogP contribution in [0, 0.1) is 0 Å². The van der Waals surface area contributed by atoms with Gasteiger partial charge in [-0.2, -0.15) is 0 Å². The van der Waals surface area contributed by atoms with Crippen LogP contribution in [0.15, 0.2) is 41.4 Å². The van der Waals surface area contributed by atoms with Crippen molar-refractivity contribution in [2.75, 3.05) is 52.5 Å². The molecule has 0 bridgehead atoms. The summed E-state index contributed by atoms with van der Waals surface area (Å²) >= 11 is 0. The first kappa shape index (κ1) is 29.8. The van der Waals surface area contributed by atoms with Crippen molar-refractivity contribution in [3.63, 3.8) is 0 Å². The number of methoxy groups -OCH3 is 2. The Bertz CT molecular complexity index is 1490. The first-order chi connectivity index (χ1) is 21.3. The van der Waals surface area contributed by atoms with Crippen LogP contribution >= 0.6 is 0 Å². The van der Waals surface area contributed by atoms with E-state index in [1.165, 1.54) is 0 Å². The van der Waals surface area contributed by atoms with Crippen LogP contribution < -0.4 is 23.8 Å². The molecule has 0 unspecified atom stereocenters. The first-order valence-corrected chi connectivity index (χ1v) is 15.2. The van der Waals surface area contributed by atoms with Crippen molar-refractivity contribution in [1.82, 2.24) is 9.80 Å². The zero-order valence-electron chi connectivity index (χ0n) is 25.6. The molecule has 3 atom stereocenters. The minimum Gasteiger partial charge on any atom is -0.493 e. The van der Waals surface area contributed by atoms with Gasteiger partial charge in [0.1, 0.15) is 6.23 Å². The number of benzene rings is 2. The molecule has 1 N–H and O–H groups in total. The van der Waals surface area contributed by atoms with Gasteiger partial charge in [0.05, 0.1) is 62.0 Å². The van der Waals surface area contributed by atoms with E-state index in [0.29, 0.717) is 71.8 Å². The molecule has 0 aromatic heterocycles. The van der Waals surface area contributed by atoms with Gasteiger partial charge in [-0.1, -0.05) is 12.2 Å². The van der Waals surface area contributed by atoms with E-state index >= 15 is 0 Å². The Morgan fingerprint density at radius 1 is 0.909 bits per heavy atom. The van der Waals surface area contributed by atoms with E-state index in [1.807, 2.05) is 6.21 Å². The molecule has 2 saturated heterocycles. The van der Waals surface area contributed by atoms with Crippen LogP contribution in [0.5, 0.6) is 23.0 Å². The summed E-state index contributed by atoms with van der Waals surface area (Å²) in [4.78, 5) is 36.4. The lowest BCUT2D eigenvalue weighted by Crippen LogP contribution is -2.47. The number of fused-ring (bicyclic) bond motifs is 4. The number of hydrogen-bond donors (Lipinski definition) is 1. The molecule has 4 heterocycles. The Kier molecular flexibility index (Phi) is 8.40. The number of rotatable bonds is 10. The first-order valence-electron chi connectivity index (χ1n) is 15.2. The SMILES string of the molecule is C=C1C[C@H]2C=Nc3cc(OCCCCCOc4cc5c(cc4OC)C(=O)N4CCC[C@H]4[C@H](O)N5C)c(OC)cc3C(=O)N2C1. The molecule has 2 aromatic rings. The molecule has 0 aliphatic carbocycles. The van der Waals surface area contributed by atoms with E-state index in [4.69, 9.17) is 18.9 Å². The van der Waals surface area contributed by atoms with Crippen LogP contribution in [0.2, 0.25) is 0 Å². The van der Waals surface area contributed by atoms with E-state index in [-0.39, 0.29) is 23.9 Å². The third-order valence-electron chi connectivity index (χ3n) is 8.95. The Balaban J connectivity index is 1.04. The summed E-state index contributed by atoms with van der Waals surface area (Å²) in [5.74, 6) is 1.90. The molecule has 11 heteroatoms. The number of carbonyl (C=O) groups excluding carboxylic acids is 2. The number of unbranched alkanes of at least 4 members (excludes halogenated alkanes) is 2. The second-order valence-electron chi connectivity index (χ2n) is 11.8. The van der Waals surface area contributed by atoms with Crippen LogP contribution in [0.4, 0.5) is 11.4 Å². The number of nitrogens with zero attached hydrogens (tertiary/aromatic N) is 4. The third kappa shape index (κ3) is 5.45. The van der Waals surface area contributed by atoms with Gasteiger partial charge in [0.2, 0.25) is 0 Å². The lowest BCUT2D eigenvalue weighted by Gasteiger charge is -2.31. The monoisotopic (exact) mass is 604 g/mol. The van der Waals surface area contributed by atoms with Crippen LogP contribution in [-0.2, 0) is 0 Å². The Labute approximate surface area is 257 Å². The maximum atomic E-state index is 13.3. The molecule has 0 saturated carbocycles. The van der Waals surface area contributed by atoms with Crippen molar-refractivity contribution in [2.45, 2.75) is 56.8 Å². The van der Waals surface area contributed by atoms with Crippen molar-refractivity contribution in [2.24, 2.45) is 4.99 Å². The Morgan fingerprint density at radius 2 is 1.57 bits per heavy atom. The summed E-state index contributed by atoms with van der Waals surface area (Å²) in [5.41, 5.74) is 3.24. The summed E-state index contributed by atoms with van der Waals surface area (Å²) in [5, 5.41) is 11.0. The van der Waals surface area contributed by atoms with Gasteiger partial charge in [-0.3, -0.25) is 14.6 Å². The van der Waals surface area contributed by atoms with Crippen molar-refractivity contribution in [1.29, 1.82) is 0 Å². The van der Waals surface area contributed by atoms with E-state index in [0.717, 1.165) is 44.1 Å². The molecule has 2 fully saturated rings. The number of aliphatic imine (C=N–C) groups is 1. The van der Waals surface area contributed by atoms with E-state index in [1.54, 1.807) is 60.2 Å². The summed E-state index contributed by atoms with van der Waals surface area (Å²) in [6, 6.07) is 6.70. The summed E-state index contributed by atoms with van der Waals surface area (Å²) in [7, 11) is 4.92. The quantitative estimate of drug-likeness (QED) is 0.317. The number of carbonyl (C=O) groups is 2. The predicted octanol–water partition coefficient (Wildman–Crippen LogP) is 4.19. The maximum Gasteiger partial charge on any atom is 0.257 e. The average molecular weight is 605 g/mol. The topological polar surface area (TPSA) is 113 Å². The fraction of sp³-hybridized carbons (Fsp3) is 0.485. The standard InChI is InChI=1S/C33H40N4O7/c1-20-13-21-18-34-24-16-29(27(41-3)14-22(24)31(38)37(21)19-20)43-11-6-5-7-12-44-30-17-26-23(15-28(30)42-4)32(39)36-10-8-9-25(36)33(40)35(26)2/h14-18,21,25,33,40H,1,5-13,19H2,2-4H3/t21-,25-,33-/m0/s1. The second-order valence-corrected chi connectivity index (χ2v) is 11.8. The van der Waals surface area contributed by atoms with Crippen molar-refractivity contribution < 1.29 is 33.6 Å². The normalized spacial score (nSPS) is 22.2. The maximum absolute atomic E-state index is 13.3. The number of amides is 2. The van der Waals surface area contributed by atoms with Crippen LogP contribution in [0.25, 0.3) is 0 Å². The van der Waals surface area contributed by atoms with Gasteiger partial charge in [0.15, 0.2) is 23.0 Å². The molecule has 4 aliphatic rings. The van der Waals surface area contributed by atoms with Gasteiger partial charge >= 0.3 is 0 Å². The Hall–Kier alpha value is -4.25. The van der Waals surface area contributed by atoms with Gasteiger partial charge in [0.25, 0.3) is 11.8 Å². The van der Waals surface area contributed by atoms with Crippen molar-refractivity contribution in [3.8, 4) is 23.0 Å². The predicted molar refractivity (Wildman–Crippen MR) is 166 cm³/mol. The van der Waals surface area contributed by atoms with Crippen LogP contribution in [0.3, 0.4) is 0 Å². The number of aliphatic hydroxyl groups is 1. The van der Waals surface area contributed by atoms with Gasteiger partial charge in [0, 0.05) is 38.5 Å². The molecular formula is C33H40N4O7. The van der Waals surface area contributed by atoms with E-state index < -0.39 is 6.23 Å². The van der Waals surface area contributed by atoms with Gasteiger partial charge in [-0.05, 0) is 50.7 Å². The fourth-order valence-electron chi connectivity index (χ4n) is 6.54. The minimum absolute atomic E-state index is 0.0709. The number of ether oxygens (including phenoxy) is 4. The van der Waals surface area contributed by atoms with Crippen LogP contribution in [-0.4, -0.2) is 98.8 Å². The molecule has 11 nitrogen and oxygen atoms in total. The molecule has 6 rings (SSSR count). The van der Waals surface area contributed by atoms with E-state index in [9.17, 15) is 14.7 Å². The zero-order valence-corrected chi connectivity index (χ0v) is 25.6. The number of likely N-dealkylation sites (N-methyl/N-ethyl adjacent to an activating group) is 1. The van der Waals surface area contributed by atoms with Gasteiger partial charge in [-0.15, -0.1) is 0 Å². The zero-order chi connectivity index (χ0) is 31.0. The highest BCUT2D eigenvalue weighted by molar-refractivity contribution is 6.04.